The van der Waals surface area contributed by atoms with Crippen molar-refractivity contribution in [3.8, 4) is 0 Å². The molecule has 2 N–H and O–H groups in total. The van der Waals surface area contributed by atoms with Gasteiger partial charge in [-0.3, -0.25) is 0 Å². The molecule has 11 nitrogen and oxygen atoms in total. The van der Waals surface area contributed by atoms with E-state index in [1.165, 1.54) is 13.8 Å². The maximum atomic E-state index is 12.1. The Morgan fingerprint density at radius 3 is 1.58 bits per heavy atom. The maximum absolute atomic E-state index is 12.1. The second-order valence-electron chi connectivity index (χ2n) is 6.32. The Hall–Kier alpha value is -1.09. The third-order valence-electron chi connectivity index (χ3n) is 3.31. The number of aliphatic hydroxyl groups is 2. The Labute approximate surface area is 202 Å². The second kappa shape index (κ2) is 14.9. The first-order valence-electron chi connectivity index (χ1n) is 8.97. The Balaban J connectivity index is 0.00000900. The van der Waals surface area contributed by atoms with Gasteiger partial charge in [-0.25, -0.2) is 18.0 Å². The molecule has 0 radical (unpaired) electrons. The molecule has 1 aromatic rings. The van der Waals surface area contributed by atoms with Crippen LogP contribution in [0.1, 0.15) is 34.6 Å². The first kappa shape index (κ1) is 29.9. The van der Waals surface area contributed by atoms with Gasteiger partial charge in [0.15, 0.2) is 0 Å². The molecule has 31 heavy (non-hydrogen) atoms. The van der Waals surface area contributed by atoms with Gasteiger partial charge in [0.05, 0.1) is 54.7 Å². The van der Waals surface area contributed by atoms with Gasteiger partial charge in [-0.15, -0.1) is 0 Å². The molecule has 0 saturated heterocycles. The average molecular weight is 472 g/mol. The van der Waals surface area contributed by atoms with Crippen molar-refractivity contribution < 1.29 is 81.3 Å². The van der Waals surface area contributed by atoms with E-state index in [2.05, 4.69) is 0 Å². The summed E-state index contributed by atoms with van der Waals surface area (Å²) in [4.78, 5) is 23.5. The molecule has 2 unspecified atom stereocenters. The summed E-state index contributed by atoms with van der Waals surface area (Å²) in [5.74, 6) is -1.95. The Morgan fingerprint density at radius 1 is 0.871 bits per heavy atom. The molecule has 0 amide bonds. The largest absolute Gasteiger partial charge is 1.00 e. The van der Waals surface area contributed by atoms with Crippen molar-refractivity contribution in [2.75, 3.05) is 39.6 Å². The van der Waals surface area contributed by atoms with Gasteiger partial charge in [-0.05, 0) is 32.0 Å². The van der Waals surface area contributed by atoms with Gasteiger partial charge >= 0.3 is 41.5 Å². The number of ether oxygens (including phenoxy) is 4. The smallest absolute Gasteiger partial charge is 0.744 e. The molecule has 0 spiro atoms. The molecule has 13 heteroatoms. The van der Waals surface area contributed by atoms with Crippen LogP contribution in [0.5, 0.6) is 0 Å². The van der Waals surface area contributed by atoms with E-state index >= 15 is 0 Å². The fourth-order valence-corrected chi connectivity index (χ4v) is 2.58. The summed E-state index contributed by atoms with van der Waals surface area (Å²) in [6.45, 7) is 2.69. The van der Waals surface area contributed by atoms with Crippen molar-refractivity contribution in [1.82, 2.24) is 0 Å². The van der Waals surface area contributed by atoms with E-state index in [1.54, 1.807) is 0 Å². The fraction of sp³-hybridized carbons (Fsp3) is 0.556. The van der Waals surface area contributed by atoms with Crippen LogP contribution in [-0.2, 0) is 29.1 Å². The zero-order valence-electron chi connectivity index (χ0n) is 17.6. The fourth-order valence-electron chi connectivity index (χ4n) is 2.04. The molecule has 0 heterocycles. The van der Waals surface area contributed by atoms with Crippen molar-refractivity contribution in [3.05, 3.63) is 29.3 Å². The third kappa shape index (κ3) is 12.5. The summed E-state index contributed by atoms with van der Waals surface area (Å²) in [6, 6.07) is 2.63. The number of hydrogen-bond acceptors (Lipinski definition) is 11. The third-order valence-corrected chi connectivity index (χ3v) is 4.12. The van der Waals surface area contributed by atoms with E-state index in [0.29, 0.717) is 0 Å². The van der Waals surface area contributed by atoms with E-state index in [4.69, 9.17) is 29.2 Å². The molecule has 170 valence electrons. The van der Waals surface area contributed by atoms with Crippen LogP contribution in [0.25, 0.3) is 0 Å². The summed E-state index contributed by atoms with van der Waals surface area (Å²) >= 11 is 0. The minimum Gasteiger partial charge on any atom is -0.744 e. The van der Waals surface area contributed by atoms with Crippen LogP contribution in [0.2, 0.25) is 0 Å². The Morgan fingerprint density at radius 2 is 1.26 bits per heavy atom. The molecule has 0 fully saturated rings. The first-order valence-corrected chi connectivity index (χ1v) is 10.4. The predicted molar refractivity (Wildman–Crippen MR) is 100.0 cm³/mol. The number of carbonyl (C=O) groups excluding carboxylic acids is 2. The zero-order valence-corrected chi connectivity index (χ0v) is 20.4. The van der Waals surface area contributed by atoms with Crippen LogP contribution < -0.4 is 29.6 Å². The number of esters is 2. The van der Waals surface area contributed by atoms with Crippen molar-refractivity contribution in [2.45, 2.75) is 31.0 Å². The van der Waals surface area contributed by atoms with Crippen LogP contribution in [0.15, 0.2) is 23.1 Å². The maximum Gasteiger partial charge on any atom is 1.00 e. The van der Waals surface area contributed by atoms with Gasteiger partial charge in [-0.2, -0.15) is 0 Å². The average Bonchev–Trinajstić information content (AvgIpc) is 2.65. The molecule has 1 aromatic carbocycles. The van der Waals surface area contributed by atoms with E-state index in [0.717, 1.165) is 18.2 Å². The van der Waals surface area contributed by atoms with Crippen molar-refractivity contribution in [2.24, 2.45) is 0 Å². The van der Waals surface area contributed by atoms with E-state index in [-0.39, 0.29) is 80.3 Å². The predicted octanol–water partition coefficient (Wildman–Crippen LogP) is -3.30. The van der Waals surface area contributed by atoms with Gasteiger partial charge in [-0.1, -0.05) is 0 Å². The van der Waals surface area contributed by atoms with Crippen molar-refractivity contribution >= 4 is 22.1 Å². The summed E-state index contributed by atoms with van der Waals surface area (Å²) < 4.78 is 54.0. The molecule has 0 aliphatic heterocycles. The number of benzene rings is 1. The van der Waals surface area contributed by atoms with Gasteiger partial charge in [0, 0.05) is 0 Å². The van der Waals surface area contributed by atoms with E-state index < -0.39 is 39.2 Å². The second-order valence-corrected chi connectivity index (χ2v) is 7.70. The molecule has 0 aliphatic carbocycles. The van der Waals surface area contributed by atoms with Gasteiger partial charge in [0.25, 0.3) is 0 Å². The van der Waals surface area contributed by atoms with E-state index in [1.807, 2.05) is 0 Å². The van der Waals surface area contributed by atoms with E-state index in [9.17, 15) is 22.6 Å². The normalized spacial score (nSPS) is 13.1. The molecule has 2 atom stereocenters. The molecule has 1 rings (SSSR count). The molecule has 0 bridgehead atoms. The first-order chi connectivity index (χ1) is 14.0. The van der Waals surface area contributed by atoms with Gasteiger partial charge in [0.2, 0.25) is 0 Å². The van der Waals surface area contributed by atoms with Crippen LogP contribution >= 0.6 is 0 Å². The Bertz CT molecular complexity index is 760. The zero-order chi connectivity index (χ0) is 22.7. The monoisotopic (exact) mass is 472 g/mol. The Kier molecular flexibility index (Phi) is 14.4. The van der Waals surface area contributed by atoms with Crippen molar-refractivity contribution in [3.63, 3.8) is 0 Å². The molecular weight excluding hydrogens is 447 g/mol. The number of rotatable bonds is 13. The molecule has 0 aromatic heterocycles. The topological polar surface area (TPSA) is 169 Å². The van der Waals surface area contributed by atoms with Crippen LogP contribution in [0.4, 0.5) is 0 Å². The standard InChI is InChI=1S/C18H26O11S.Na/c1-12(19)10-26-3-5-28-17(21)14-7-15(9-16(8-14)30(23,24)25)18(22)29-6-4-27-11-13(2)20;/h7-9,12-13,19-20H,3-6,10-11H2,1-2H3,(H,23,24,25);/q;+1/p-1. The summed E-state index contributed by atoms with van der Waals surface area (Å²) in [5, 5.41) is 18.1. The quantitative estimate of drug-likeness (QED) is 0.128. The van der Waals surface area contributed by atoms with Crippen LogP contribution in [-0.4, -0.2) is 87.0 Å². The summed E-state index contributed by atoms with van der Waals surface area (Å²) in [7, 11) is -4.96. The molecular formula is C18H25NaO11S. The van der Waals surface area contributed by atoms with Gasteiger partial charge < -0.3 is 33.7 Å². The van der Waals surface area contributed by atoms with Crippen molar-refractivity contribution in [1.29, 1.82) is 0 Å². The number of hydrogen-bond donors (Lipinski definition) is 2. The molecule has 0 aliphatic rings. The number of carbonyl (C=O) groups is 2. The minimum absolute atomic E-state index is 0. The SMILES string of the molecule is CC(O)COCCOC(=O)c1cc(C(=O)OCCOCC(C)O)cc(S(=O)(=O)[O-])c1.[Na+]. The minimum atomic E-state index is -4.96. The van der Waals surface area contributed by atoms with Crippen LogP contribution in [0, 0.1) is 0 Å². The van der Waals surface area contributed by atoms with Gasteiger partial charge in [0.1, 0.15) is 23.3 Å². The summed E-state index contributed by atoms with van der Waals surface area (Å²) in [6.07, 6.45) is -1.38. The molecule has 0 saturated carbocycles. The number of aliphatic hydroxyl groups excluding tert-OH is 2. The summed E-state index contributed by atoms with van der Waals surface area (Å²) in [5.41, 5.74) is -0.667. The van der Waals surface area contributed by atoms with Crippen LogP contribution in [0.3, 0.4) is 0 Å².